The molecular formula is C14H27N. The Hall–Kier alpha value is -0.300. The van der Waals surface area contributed by atoms with Crippen LogP contribution in [-0.2, 0) is 0 Å². The number of hydrogen-bond acceptors (Lipinski definition) is 1. The van der Waals surface area contributed by atoms with E-state index in [4.69, 9.17) is 0 Å². The van der Waals surface area contributed by atoms with Gasteiger partial charge in [-0.1, -0.05) is 19.9 Å². The van der Waals surface area contributed by atoms with E-state index in [0.717, 1.165) is 12.3 Å². The summed E-state index contributed by atoms with van der Waals surface area (Å²) in [6.07, 6.45) is 10.0. The number of nitrogens with one attached hydrogen (secondary N) is 1. The fourth-order valence-corrected chi connectivity index (χ4v) is 2.74. The van der Waals surface area contributed by atoms with E-state index in [1.54, 1.807) is 0 Å². The molecule has 1 unspecified atom stereocenters. The molecule has 1 N–H and O–H groups in total. The summed E-state index contributed by atoms with van der Waals surface area (Å²) in [5.41, 5.74) is 0.591. The standard InChI is InChI=1S/C14H27N/c1-5-6-7-13(15-4)12-8-10-14(2,3)11-9-12/h5,12-13,15H,1,6-11H2,2-4H3. The van der Waals surface area contributed by atoms with Crippen LogP contribution in [0.3, 0.4) is 0 Å². The van der Waals surface area contributed by atoms with Crippen LogP contribution in [0.25, 0.3) is 0 Å². The van der Waals surface area contributed by atoms with E-state index in [9.17, 15) is 0 Å². The van der Waals surface area contributed by atoms with Crippen molar-refractivity contribution >= 4 is 0 Å². The fraction of sp³-hybridized carbons (Fsp3) is 0.857. The summed E-state index contributed by atoms with van der Waals surface area (Å²) in [4.78, 5) is 0. The van der Waals surface area contributed by atoms with Gasteiger partial charge in [-0.15, -0.1) is 6.58 Å². The van der Waals surface area contributed by atoms with E-state index in [-0.39, 0.29) is 0 Å². The Labute approximate surface area is 95.3 Å². The average Bonchev–Trinajstić information content (AvgIpc) is 2.21. The Morgan fingerprint density at radius 3 is 2.47 bits per heavy atom. The molecule has 88 valence electrons. The van der Waals surface area contributed by atoms with E-state index < -0.39 is 0 Å². The molecule has 0 heterocycles. The highest BCUT2D eigenvalue weighted by molar-refractivity contribution is 4.85. The smallest absolute Gasteiger partial charge is 0.00952 e. The largest absolute Gasteiger partial charge is 0.317 e. The van der Waals surface area contributed by atoms with Gasteiger partial charge in [0.1, 0.15) is 0 Å². The van der Waals surface area contributed by atoms with Gasteiger partial charge in [-0.3, -0.25) is 0 Å². The van der Waals surface area contributed by atoms with Gasteiger partial charge in [0.25, 0.3) is 0 Å². The molecule has 15 heavy (non-hydrogen) atoms. The van der Waals surface area contributed by atoms with Crippen LogP contribution >= 0.6 is 0 Å². The van der Waals surface area contributed by atoms with Crippen molar-refractivity contribution in [1.29, 1.82) is 0 Å². The Bertz CT molecular complexity index is 186. The number of allylic oxidation sites excluding steroid dienone is 1. The zero-order chi connectivity index (χ0) is 11.3. The molecule has 0 aromatic rings. The topological polar surface area (TPSA) is 12.0 Å². The third-order valence-corrected chi connectivity index (χ3v) is 4.01. The van der Waals surface area contributed by atoms with E-state index in [0.29, 0.717) is 11.5 Å². The van der Waals surface area contributed by atoms with Crippen LogP contribution in [0.4, 0.5) is 0 Å². The molecule has 0 aromatic heterocycles. The summed E-state index contributed by atoms with van der Waals surface area (Å²) >= 11 is 0. The highest BCUT2D eigenvalue weighted by atomic mass is 14.9. The first kappa shape index (κ1) is 12.8. The van der Waals surface area contributed by atoms with E-state index >= 15 is 0 Å². The van der Waals surface area contributed by atoms with Crippen molar-refractivity contribution in [2.75, 3.05) is 7.05 Å². The minimum atomic E-state index is 0.591. The van der Waals surface area contributed by atoms with Gasteiger partial charge in [0.05, 0.1) is 0 Å². The lowest BCUT2D eigenvalue weighted by atomic mass is 9.70. The van der Waals surface area contributed by atoms with Crippen molar-refractivity contribution in [3.05, 3.63) is 12.7 Å². The Morgan fingerprint density at radius 1 is 1.40 bits per heavy atom. The van der Waals surface area contributed by atoms with E-state index in [2.05, 4.69) is 32.8 Å². The lowest BCUT2D eigenvalue weighted by molar-refractivity contribution is 0.161. The summed E-state index contributed by atoms with van der Waals surface area (Å²) in [6, 6.07) is 0.708. The van der Waals surface area contributed by atoms with Crippen LogP contribution in [0, 0.1) is 11.3 Å². The third-order valence-electron chi connectivity index (χ3n) is 4.01. The van der Waals surface area contributed by atoms with Crippen molar-refractivity contribution in [3.63, 3.8) is 0 Å². The van der Waals surface area contributed by atoms with Gasteiger partial charge in [0.2, 0.25) is 0 Å². The lowest BCUT2D eigenvalue weighted by Crippen LogP contribution is -2.37. The molecule has 1 fully saturated rings. The molecule has 0 amide bonds. The fourth-order valence-electron chi connectivity index (χ4n) is 2.74. The second-order valence-corrected chi connectivity index (χ2v) is 5.76. The van der Waals surface area contributed by atoms with Gasteiger partial charge >= 0.3 is 0 Å². The van der Waals surface area contributed by atoms with Crippen LogP contribution in [0.15, 0.2) is 12.7 Å². The zero-order valence-corrected chi connectivity index (χ0v) is 10.7. The van der Waals surface area contributed by atoms with Crippen molar-refractivity contribution in [3.8, 4) is 0 Å². The Kier molecular flexibility index (Phi) is 4.85. The van der Waals surface area contributed by atoms with Crippen LogP contribution in [0.5, 0.6) is 0 Å². The van der Waals surface area contributed by atoms with Crippen LogP contribution in [0.1, 0.15) is 52.4 Å². The summed E-state index contributed by atoms with van der Waals surface area (Å²) in [5.74, 6) is 0.892. The van der Waals surface area contributed by atoms with Crippen molar-refractivity contribution < 1.29 is 0 Å². The number of hydrogen-bond donors (Lipinski definition) is 1. The quantitative estimate of drug-likeness (QED) is 0.680. The SMILES string of the molecule is C=CCCC(NC)C1CCC(C)(C)CC1. The molecule has 0 aliphatic heterocycles. The second kappa shape index (κ2) is 5.69. The first-order chi connectivity index (χ1) is 7.09. The molecule has 0 aromatic carbocycles. The van der Waals surface area contributed by atoms with Gasteiger partial charge < -0.3 is 5.32 Å². The van der Waals surface area contributed by atoms with Crippen molar-refractivity contribution in [1.82, 2.24) is 5.32 Å². The Balaban J connectivity index is 2.39. The minimum absolute atomic E-state index is 0.591. The summed E-state index contributed by atoms with van der Waals surface area (Å²) in [7, 11) is 2.10. The molecule has 1 nitrogen and oxygen atoms in total. The maximum atomic E-state index is 3.81. The van der Waals surface area contributed by atoms with Crippen LogP contribution < -0.4 is 5.32 Å². The summed E-state index contributed by atoms with van der Waals surface area (Å²) in [5, 5.41) is 3.49. The molecule has 0 saturated heterocycles. The van der Waals surface area contributed by atoms with Gasteiger partial charge in [-0.25, -0.2) is 0 Å². The van der Waals surface area contributed by atoms with Crippen molar-refractivity contribution in [2.24, 2.45) is 11.3 Å². The highest BCUT2D eigenvalue weighted by Gasteiger charge is 2.30. The lowest BCUT2D eigenvalue weighted by Gasteiger charge is -2.38. The maximum Gasteiger partial charge on any atom is 0.00952 e. The predicted octanol–water partition coefficient (Wildman–Crippen LogP) is 3.76. The Morgan fingerprint density at radius 2 is 2.00 bits per heavy atom. The second-order valence-electron chi connectivity index (χ2n) is 5.76. The zero-order valence-electron chi connectivity index (χ0n) is 10.7. The molecule has 0 radical (unpaired) electrons. The predicted molar refractivity (Wildman–Crippen MR) is 68.0 cm³/mol. The normalized spacial score (nSPS) is 23.7. The summed E-state index contributed by atoms with van der Waals surface area (Å²) in [6.45, 7) is 8.62. The minimum Gasteiger partial charge on any atom is -0.317 e. The molecule has 0 bridgehead atoms. The maximum absolute atomic E-state index is 3.81. The van der Waals surface area contributed by atoms with Gasteiger partial charge in [0.15, 0.2) is 0 Å². The van der Waals surface area contributed by atoms with E-state index in [1.165, 1.54) is 32.1 Å². The molecule has 1 atom stereocenters. The molecular weight excluding hydrogens is 182 g/mol. The first-order valence-corrected chi connectivity index (χ1v) is 6.37. The van der Waals surface area contributed by atoms with Gasteiger partial charge in [-0.05, 0) is 56.9 Å². The molecule has 1 heteroatoms. The molecule has 1 rings (SSSR count). The average molecular weight is 209 g/mol. The van der Waals surface area contributed by atoms with E-state index in [1.807, 2.05) is 6.08 Å². The first-order valence-electron chi connectivity index (χ1n) is 6.37. The van der Waals surface area contributed by atoms with Gasteiger partial charge in [-0.2, -0.15) is 0 Å². The molecule has 1 saturated carbocycles. The van der Waals surface area contributed by atoms with Crippen molar-refractivity contribution in [2.45, 2.75) is 58.4 Å². The molecule has 0 spiro atoms. The highest BCUT2D eigenvalue weighted by Crippen LogP contribution is 2.39. The van der Waals surface area contributed by atoms with Gasteiger partial charge in [0, 0.05) is 6.04 Å². The van der Waals surface area contributed by atoms with Crippen LogP contribution in [-0.4, -0.2) is 13.1 Å². The molecule has 1 aliphatic rings. The number of rotatable bonds is 5. The summed E-state index contributed by atoms with van der Waals surface area (Å²) < 4.78 is 0. The van der Waals surface area contributed by atoms with Crippen LogP contribution in [0.2, 0.25) is 0 Å². The molecule has 1 aliphatic carbocycles. The monoisotopic (exact) mass is 209 g/mol. The third kappa shape index (κ3) is 3.98.